The van der Waals surface area contributed by atoms with Gasteiger partial charge in [0.15, 0.2) is 11.6 Å². The molecule has 2 rings (SSSR count). The molecule has 0 saturated heterocycles. The van der Waals surface area contributed by atoms with Crippen molar-refractivity contribution in [1.82, 2.24) is 9.97 Å². The van der Waals surface area contributed by atoms with Gasteiger partial charge in [0.05, 0.1) is 19.9 Å². The number of anilines is 2. The van der Waals surface area contributed by atoms with E-state index in [1.807, 2.05) is 12.1 Å². The minimum atomic E-state index is 0. The summed E-state index contributed by atoms with van der Waals surface area (Å²) in [5, 5.41) is 12.6. The van der Waals surface area contributed by atoms with E-state index in [4.69, 9.17) is 15.2 Å². The highest BCUT2D eigenvalue weighted by atomic mass is 32.1. The summed E-state index contributed by atoms with van der Waals surface area (Å²) in [6.45, 7) is 2.78. The summed E-state index contributed by atoms with van der Waals surface area (Å²) in [5.41, 5.74) is 6.96. The van der Waals surface area contributed by atoms with Gasteiger partial charge in [-0.3, -0.25) is 0 Å². The molecule has 0 unspecified atom stereocenters. The van der Waals surface area contributed by atoms with Gasteiger partial charge in [0, 0.05) is 12.6 Å². The highest BCUT2D eigenvalue weighted by Gasteiger charge is 2.13. The summed E-state index contributed by atoms with van der Waals surface area (Å²) in [6.07, 6.45) is 5.96. The molecule has 0 spiro atoms. The highest BCUT2D eigenvalue weighted by molar-refractivity contribution is 7.59. The van der Waals surface area contributed by atoms with Gasteiger partial charge in [0.1, 0.15) is 5.75 Å². The van der Waals surface area contributed by atoms with Crippen LogP contribution in [-0.4, -0.2) is 41.4 Å². The van der Waals surface area contributed by atoms with E-state index in [9.17, 15) is 5.11 Å². The van der Waals surface area contributed by atoms with Gasteiger partial charge >= 0.3 is 0 Å². The fourth-order valence-electron chi connectivity index (χ4n) is 2.83. The molecule has 0 bridgehead atoms. The zero-order valence-corrected chi connectivity index (χ0v) is 17.6. The van der Waals surface area contributed by atoms with Crippen molar-refractivity contribution in [2.75, 3.05) is 31.4 Å². The molecule has 8 heteroatoms. The first kappa shape index (κ1) is 23.8. The van der Waals surface area contributed by atoms with Gasteiger partial charge in [0.25, 0.3) is 0 Å². The van der Waals surface area contributed by atoms with Crippen molar-refractivity contribution in [2.24, 2.45) is 0 Å². The Hall–Kier alpha value is -2.19. The van der Waals surface area contributed by atoms with E-state index >= 15 is 0 Å². The average molecular weight is 409 g/mol. The maximum Gasteiger partial charge on any atom is 0.222 e. The second kappa shape index (κ2) is 13.1. The molecule has 0 aliphatic carbocycles. The average Bonchev–Trinajstić information content (AvgIpc) is 2.67. The van der Waals surface area contributed by atoms with Crippen LogP contribution in [0.3, 0.4) is 0 Å². The van der Waals surface area contributed by atoms with E-state index in [0.717, 1.165) is 31.4 Å². The molecule has 0 aliphatic rings. The number of methoxy groups -OCH3 is 1. The minimum Gasteiger partial charge on any atom is -0.497 e. The van der Waals surface area contributed by atoms with Gasteiger partial charge in [-0.15, -0.1) is 0 Å². The number of benzene rings is 1. The van der Waals surface area contributed by atoms with Crippen molar-refractivity contribution < 1.29 is 14.6 Å². The molecular formula is C20H32N4O3S. The van der Waals surface area contributed by atoms with Crippen LogP contribution in [-0.2, 0) is 6.42 Å². The molecule has 0 saturated carbocycles. The zero-order valence-electron chi connectivity index (χ0n) is 16.6. The monoisotopic (exact) mass is 408 g/mol. The van der Waals surface area contributed by atoms with Crippen LogP contribution in [0.2, 0.25) is 0 Å². The maximum atomic E-state index is 9.24. The zero-order chi connectivity index (χ0) is 19.5. The lowest BCUT2D eigenvalue weighted by molar-refractivity contribution is 0.276. The number of aromatic nitrogens is 2. The number of rotatable bonds is 12. The van der Waals surface area contributed by atoms with Gasteiger partial charge in [-0.2, -0.15) is 18.5 Å². The Kier molecular flexibility index (Phi) is 11.1. The number of nitrogens with two attached hydrogens (primary N) is 1. The Morgan fingerprint density at radius 2 is 1.96 bits per heavy atom. The molecule has 1 aromatic carbocycles. The first-order valence-electron chi connectivity index (χ1n) is 9.41. The lowest BCUT2D eigenvalue weighted by Crippen LogP contribution is -2.22. The van der Waals surface area contributed by atoms with E-state index in [1.54, 1.807) is 13.3 Å². The Morgan fingerprint density at radius 1 is 1.21 bits per heavy atom. The summed E-state index contributed by atoms with van der Waals surface area (Å²) in [6, 6.07) is 8.16. The van der Waals surface area contributed by atoms with Gasteiger partial charge in [-0.05, 0) is 43.4 Å². The lowest BCUT2D eigenvalue weighted by atomic mass is 10.1. The van der Waals surface area contributed by atoms with Crippen molar-refractivity contribution in [3.05, 3.63) is 36.0 Å². The largest absolute Gasteiger partial charge is 0.497 e. The quantitative estimate of drug-likeness (QED) is 0.464. The Labute approximate surface area is 174 Å². The normalized spacial score (nSPS) is 11.4. The molecular weight excluding hydrogens is 376 g/mol. The lowest BCUT2D eigenvalue weighted by Gasteiger charge is -2.19. The van der Waals surface area contributed by atoms with Gasteiger partial charge in [-0.25, -0.2) is 4.98 Å². The van der Waals surface area contributed by atoms with Gasteiger partial charge < -0.3 is 25.6 Å². The third kappa shape index (κ3) is 7.82. The number of nitrogens with one attached hydrogen (secondary N) is 1. The van der Waals surface area contributed by atoms with Crippen LogP contribution in [0.1, 0.15) is 38.2 Å². The number of hydrogen-bond donors (Lipinski definition) is 3. The van der Waals surface area contributed by atoms with E-state index in [2.05, 4.69) is 34.3 Å². The van der Waals surface area contributed by atoms with Crippen molar-refractivity contribution in [3.8, 4) is 11.5 Å². The number of aliphatic hydroxyl groups excluding tert-OH is 1. The molecule has 156 valence electrons. The third-order valence-corrected chi connectivity index (χ3v) is 4.26. The molecule has 1 atom stereocenters. The van der Waals surface area contributed by atoms with E-state index < -0.39 is 0 Å². The molecule has 1 aromatic heterocycles. The molecule has 28 heavy (non-hydrogen) atoms. The first-order valence-corrected chi connectivity index (χ1v) is 9.41. The van der Waals surface area contributed by atoms with Crippen molar-refractivity contribution >= 4 is 25.3 Å². The second-order valence-electron chi connectivity index (χ2n) is 6.38. The van der Waals surface area contributed by atoms with Crippen LogP contribution in [0, 0.1) is 0 Å². The van der Waals surface area contributed by atoms with Crippen molar-refractivity contribution in [3.63, 3.8) is 0 Å². The topological polar surface area (TPSA) is 103 Å². The summed E-state index contributed by atoms with van der Waals surface area (Å²) in [4.78, 5) is 8.30. The number of nitrogen functional groups attached to an aromatic ring is 1. The number of hydrogen-bond acceptors (Lipinski definition) is 7. The number of ether oxygens (including phenoxy) is 2. The maximum absolute atomic E-state index is 9.24. The van der Waals surface area contributed by atoms with E-state index in [0.29, 0.717) is 24.6 Å². The molecule has 0 fully saturated rings. The van der Waals surface area contributed by atoms with Gasteiger partial charge in [-0.1, -0.05) is 25.5 Å². The fourth-order valence-corrected chi connectivity index (χ4v) is 2.83. The molecule has 0 amide bonds. The minimum absolute atomic E-state index is 0. The molecule has 4 N–H and O–H groups in total. The van der Waals surface area contributed by atoms with Crippen molar-refractivity contribution in [1.29, 1.82) is 0 Å². The number of aryl methyl sites for hydroxylation is 1. The van der Waals surface area contributed by atoms with Crippen LogP contribution >= 0.6 is 13.5 Å². The van der Waals surface area contributed by atoms with Crippen LogP contribution in [0.4, 0.5) is 11.8 Å². The smallest absolute Gasteiger partial charge is 0.222 e. The fraction of sp³-hybridized carbons (Fsp3) is 0.500. The number of aliphatic hydroxyl groups is 1. The molecule has 0 aliphatic heterocycles. The Morgan fingerprint density at radius 3 is 2.61 bits per heavy atom. The Bertz CT molecular complexity index is 680. The third-order valence-electron chi connectivity index (χ3n) is 4.26. The van der Waals surface area contributed by atoms with Crippen LogP contribution in [0.15, 0.2) is 30.5 Å². The predicted molar refractivity (Wildman–Crippen MR) is 118 cm³/mol. The van der Waals surface area contributed by atoms with E-state index in [-0.39, 0.29) is 32.1 Å². The summed E-state index contributed by atoms with van der Waals surface area (Å²) < 4.78 is 11.1. The SMILES string of the molecule is CCC[C@@H](CCO)Nc1nc(N)ncc1OCCCc1ccc(OC)cc1.S. The standard InChI is InChI=1S/C20H30N4O3.H2S/c1-3-5-16(11-12-25)23-19-18(14-22-20(21)24-19)27-13-4-6-15-7-9-17(26-2)10-8-15;/h7-10,14,16,25H,3-6,11-13H2,1-2H3,(H3,21,22,23,24);1H2/t16-;/m0./s1. The summed E-state index contributed by atoms with van der Waals surface area (Å²) in [5.74, 6) is 2.22. The van der Waals surface area contributed by atoms with E-state index in [1.165, 1.54) is 5.56 Å². The molecule has 2 aromatic rings. The van der Waals surface area contributed by atoms with Gasteiger partial charge in [0.2, 0.25) is 5.95 Å². The highest BCUT2D eigenvalue weighted by Crippen LogP contribution is 2.24. The van der Waals surface area contributed by atoms with Crippen molar-refractivity contribution in [2.45, 2.75) is 45.1 Å². The second-order valence-corrected chi connectivity index (χ2v) is 6.38. The number of nitrogens with zero attached hydrogens (tertiary/aromatic N) is 2. The molecule has 0 radical (unpaired) electrons. The first-order chi connectivity index (χ1) is 13.2. The van der Waals surface area contributed by atoms with Crippen LogP contribution in [0.5, 0.6) is 11.5 Å². The van der Waals surface area contributed by atoms with Crippen LogP contribution < -0.4 is 20.5 Å². The molecule has 1 heterocycles. The predicted octanol–water partition coefficient (Wildman–Crippen LogP) is 3.15. The Balaban J connectivity index is 0.00000392. The summed E-state index contributed by atoms with van der Waals surface area (Å²) in [7, 11) is 1.66. The summed E-state index contributed by atoms with van der Waals surface area (Å²) >= 11 is 0. The van der Waals surface area contributed by atoms with Crippen LogP contribution in [0.25, 0.3) is 0 Å². The molecule has 7 nitrogen and oxygen atoms in total.